The van der Waals surface area contributed by atoms with E-state index in [-0.39, 0.29) is 43.5 Å². The molecule has 0 spiro atoms. The molecule has 1 aromatic heterocycles. The van der Waals surface area contributed by atoms with Crippen molar-refractivity contribution in [2.45, 2.75) is 24.5 Å². The van der Waals surface area contributed by atoms with Gasteiger partial charge >= 0.3 is 0 Å². The first-order valence-electron chi connectivity index (χ1n) is 11.2. The summed E-state index contributed by atoms with van der Waals surface area (Å²) >= 11 is 0. The summed E-state index contributed by atoms with van der Waals surface area (Å²) in [6, 6.07) is 12.0. The number of ether oxygens (including phenoxy) is 2. The maximum Gasteiger partial charge on any atom is 0.243 e. The number of sulfonamides is 1. The van der Waals surface area contributed by atoms with Crippen molar-refractivity contribution >= 4 is 27.0 Å². The summed E-state index contributed by atoms with van der Waals surface area (Å²) in [4.78, 5) is 19.3. The smallest absolute Gasteiger partial charge is 0.243 e. The van der Waals surface area contributed by atoms with Crippen LogP contribution in [0.1, 0.15) is 18.9 Å². The Labute approximate surface area is 197 Å². The number of benzene rings is 2. The first-order valence-corrected chi connectivity index (χ1v) is 12.6. The molecular formula is C23H26N4O6S. The monoisotopic (exact) mass is 486 g/mol. The van der Waals surface area contributed by atoms with Gasteiger partial charge in [-0.25, -0.2) is 13.4 Å². The standard InChI is InChI=1S/C23H26N4O6S/c1-16(28)23-24-18-4-2-3-5-19(18)27(23)15-22(29)25-8-10-26(11-9-25)34(30,31)17-6-7-20-21(14-17)33-13-12-32-20/h2-7,14,16,28H,8-13,15H2,1H3. The normalized spacial score (nSPS) is 17.6. The number of aliphatic hydroxyl groups excluding tert-OH is 1. The Balaban J connectivity index is 1.28. The summed E-state index contributed by atoms with van der Waals surface area (Å²) in [5.74, 6) is 1.22. The topological polar surface area (TPSA) is 114 Å². The molecule has 2 aliphatic rings. The fourth-order valence-electron chi connectivity index (χ4n) is 4.33. The quantitative estimate of drug-likeness (QED) is 0.580. The fraction of sp³-hybridized carbons (Fsp3) is 0.391. The lowest BCUT2D eigenvalue weighted by molar-refractivity contribution is -0.133. The number of carbonyl (C=O) groups is 1. The maximum atomic E-state index is 13.2. The second-order valence-electron chi connectivity index (χ2n) is 8.31. The molecule has 180 valence electrons. The molecule has 3 aromatic rings. The number of imidazole rings is 1. The number of fused-ring (bicyclic) bond motifs is 2. The van der Waals surface area contributed by atoms with Gasteiger partial charge in [-0.2, -0.15) is 4.31 Å². The Kier molecular flexibility index (Phi) is 5.92. The van der Waals surface area contributed by atoms with Gasteiger partial charge in [0.05, 0.1) is 15.9 Å². The van der Waals surface area contributed by atoms with Crippen LogP contribution in [0.15, 0.2) is 47.4 Å². The number of rotatable bonds is 5. The molecule has 1 unspecified atom stereocenters. The fourth-order valence-corrected chi connectivity index (χ4v) is 5.76. The molecule has 1 atom stereocenters. The molecule has 1 amide bonds. The molecule has 1 fully saturated rings. The highest BCUT2D eigenvalue weighted by Gasteiger charge is 2.31. The summed E-state index contributed by atoms with van der Waals surface area (Å²) in [6.07, 6.45) is -0.826. The first-order chi connectivity index (χ1) is 16.3. The van der Waals surface area contributed by atoms with Crippen molar-refractivity contribution in [3.05, 3.63) is 48.3 Å². The van der Waals surface area contributed by atoms with Crippen LogP contribution < -0.4 is 9.47 Å². The van der Waals surface area contributed by atoms with Crippen LogP contribution in [0.2, 0.25) is 0 Å². The van der Waals surface area contributed by atoms with Gasteiger partial charge in [-0.05, 0) is 31.2 Å². The molecule has 10 nitrogen and oxygen atoms in total. The van der Waals surface area contributed by atoms with Crippen LogP contribution in [0.4, 0.5) is 0 Å². The maximum absolute atomic E-state index is 13.2. The third-order valence-electron chi connectivity index (χ3n) is 6.09. The Hall–Kier alpha value is -3.15. The number of para-hydroxylation sites is 2. The van der Waals surface area contributed by atoms with E-state index in [1.165, 1.54) is 16.4 Å². The second-order valence-corrected chi connectivity index (χ2v) is 10.2. The summed E-state index contributed by atoms with van der Waals surface area (Å²) in [7, 11) is -3.73. The van der Waals surface area contributed by atoms with Crippen molar-refractivity contribution in [3.63, 3.8) is 0 Å². The van der Waals surface area contributed by atoms with Crippen molar-refractivity contribution in [2.24, 2.45) is 0 Å². The van der Waals surface area contributed by atoms with Gasteiger partial charge in [-0.15, -0.1) is 0 Å². The average molecular weight is 487 g/mol. The molecule has 0 bridgehead atoms. The van der Waals surface area contributed by atoms with Gasteiger partial charge in [-0.1, -0.05) is 12.1 Å². The van der Waals surface area contributed by atoms with Gasteiger partial charge in [0.1, 0.15) is 31.7 Å². The van der Waals surface area contributed by atoms with Gasteiger partial charge in [0.15, 0.2) is 11.5 Å². The predicted molar refractivity (Wildman–Crippen MR) is 123 cm³/mol. The molecule has 1 saturated heterocycles. The SMILES string of the molecule is CC(O)c1nc2ccccc2n1CC(=O)N1CCN(S(=O)(=O)c2ccc3c(c2)OCCO3)CC1. The zero-order valence-electron chi connectivity index (χ0n) is 18.8. The second kappa shape index (κ2) is 8.90. The number of nitrogens with zero attached hydrogens (tertiary/aromatic N) is 4. The van der Waals surface area contributed by atoms with Gasteiger partial charge in [-0.3, -0.25) is 4.79 Å². The van der Waals surface area contributed by atoms with Crippen molar-refractivity contribution in [1.82, 2.24) is 18.8 Å². The van der Waals surface area contributed by atoms with E-state index >= 15 is 0 Å². The molecule has 0 aliphatic carbocycles. The lowest BCUT2D eigenvalue weighted by atomic mass is 10.3. The van der Waals surface area contributed by atoms with Crippen LogP contribution in [0.5, 0.6) is 11.5 Å². The highest BCUT2D eigenvalue weighted by Crippen LogP contribution is 2.33. The third kappa shape index (κ3) is 4.10. The van der Waals surface area contributed by atoms with Gasteiger partial charge in [0.25, 0.3) is 0 Å². The minimum Gasteiger partial charge on any atom is -0.486 e. The number of hydrogen-bond donors (Lipinski definition) is 1. The average Bonchev–Trinajstić information content (AvgIpc) is 3.22. The van der Waals surface area contributed by atoms with E-state index in [2.05, 4.69) is 4.98 Å². The minimum absolute atomic E-state index is 0.0235. The Morgan fingerprint density at radius 3 is 2.50 bits per heavy atom. The van der Waals surface area contributed by atoms with Gasteiger partial charge in [0.2, 0.25) is 15.9 Å². The molecule has 34 heavy (non-hydrogen) atoms. The zero-order valence-corrected chi connectivity index (χ0v) is 19.6. The van der Waals surface area contributed by atoms with Crippen LogP contribution in [-0.2, 0) is 21.4 Å². The number of piperazine rings is 1. The first kappa shape index (κ1) is 22.6. The molecule has 0 saturated carbocycles. The molecular weight excluding hydrogens is 460 g/mol. The van der Waals surface area contributed by atoms with Crippen LogP contribution in [-0.4, -0.2) is 77.6 Å². The minimum atomic E-state index is -3.73. The lowest BCUT2D eigenvalue weighted by Gasteiger charge is -2.34. The molecule has 3 heterocycles. The van der Waals surface area contributed by atoms with Crippen LogP contribution >= 0.6 is 0 Å². The largest absolute Gasteiger partial charge is 0.486 e. The van der Waals surface area contributed by atoms with E-state index in [4.69, 9.17) is 9.47 Å². The van der Waals surface area contributed by atoms with E-state index in [1.54, 1.807) is 22.5 Å². The van der Waals surface area contributed by atoms with E-state index in [0.717, 1.165) is 5.52 Å². The number of hydrogen-bond acceptors (Lipinski definition) is 7. The van der Waals surface area contributed by atoms with Gasteiger partial charge in [0, 0.05) is 32.2 Å². The highest BCUT2D eigenvalue weighted by atomic mass is 32.2. The summed E-state index contributed by atoms with van der Waals surface area (Å²) in [5, 5.41) is 10.1. The van der Waals surface area contributed by atoms with Crippen LogP contribution in [0, 0.1) is 0 Å². The number of aromatic nitrogens is 2. The van der Waals surface area contributed by atoms with Crippen molar-refractivity contribution in [1.29, 1.82) is 0 Å². The highest BCUT2D eigenvalue weighted by molar-refractivity contribution is 7.89. The zero-order chi connectivity index (χ0) is 23.9. The molecule has 0 radical (unpaired) electrons. The van der Waals surface area contributed by atoms with Crippen molar-refractivity contribution in [3.8, 4) is 11.5 Å². The van der Waals surface area contributed by atoms with Crippen LogP contribution in [0.25, 0.3) is 11.0 Å². The number of carbonyl (C=O) groups excluding carboxylic acids is 1. The summed E-state index contributed by atoms with van der Waals surface area (Å²) in [6.45, 7) is 3.38. The molecule has 2 aliphatic heterocycles. The van der Waals surface area contributed by atoms with Gasteiger partial charge < -0.3 is 24.0 Å². The van der Waals surface area contributed by atoms with E-state index < -0.39 is 16.1 Å². The third-order valence-corrected chi connectivity index (χ3v) is 7.99. The Morgan fingerprint density at radius 1 is 1.06 bits per heavy atom. The number of aliphatic hydroxyl groups is 1. The van der Waals surface area contributed by atoms with E-state index in [0.29, 0.717) is 36.1 Å². The molecule has 5 rings (SSSR count). The Morgan fingerprint density at radius 2 is 1.76 bits per heavy atom. The Bertz CT molecular complexity index is 1330. The molecule has 1 N–H and O–H groups in total. The molecule has 11 heteroatoms. The summed E-state index contributed by atoms with van der Waals surface area (Å²) in [5.41, 5.74) is 1.48. The predicted octanol–water partition coefficient (Wildman–Crippen LogP) is 1.39. The lowest BCUT2D eigenvalue weighted by Crippen LogP contribution is -2.51. The van der Waals surface area contributed by atoms with E-state index in [9.17, 15) is 18.3 Å². The van der Waals surface area contributed by atoms with Crippen molar-refractivity contribution < 1.29 is 27.8 Å². The summed E-state index contributed by atoms with van der Waals surface area (Å²) < 4.78 is 40.4. The van der Waals surface area contributed by atoms with Crippen LogP contribution in [0.3, 0.4) is 0 Å². The molecule has 2 aromatic carbocycles. The number of amides is 1. The van der Waals surface area contributed by atoms with E-state index in [1.807, 2.05) is 24.3 Å². The van der Waals surface area contributed by atoms with Crippen molar-refractivity contribution in [2.75, 3.05) is 39.4 Å².